The van der Waals surface area contributed by atoms with Crippen molar-refractivity contribution >= 4 is 29.4 Å². The second-order valence-electron chi connectivity index (χ2n) is 9.66. The molecule has 0 radical (unpaired) electrons. The Morgan fingerprint density at radius 3 is 2.54 bits per heavy atom. The van der Waals surface area contributed by atoms with E-state index in [1.807, 2.05) is 43.9 Å². The van der Waals surface area contributed by atoms with Gasteiger partial charge in [0.25, 0.3) is 0 Å². The first kappa shape index (κ1) is 24.7. The van der Waals surface area contributed by atoms with Crippen molar-refractivity contribution in [1.29, 1.82) is 0 Å². The van der Waals surface area contributed by atoms with Crippen molar-refractivity contribution in [2.75, 3.05) is 29.9 Å². The van der Waals surface area contributed by atoms with E-state index in [-0.39, 0.29) is 24.3 Å². The number of carbonyl (C=O) groups excluding carboxylic acids is 2. The molecule has 0 atom stereocenters. The normalized spacial score (nSPS) is 15.1. The Kier molecular flexibility index (Phi) is 6.78. The van der Waals surface area contributed by atoms with Gasteiger partial charge >= 0.3 is 6.03 Å². The summed E-state index contributed by atoms with van der Waals surface area (Å²) in [5, 5.41) is 6.26. The van der Waals surface area contributed by atoms with Gasteiger partial charge in [0.15, 0.2) is 5.82 Å². The zero-order chi connectivity index (χ0) is 26.1. The Morgan fingerprint density at radius 1 is 1.05 bits per heavy atom. The first-order valence-corrected chi connectivity index (χ1v) is 12.7. The van der Waals surface area contributed by atoms with Crippen LogP contribution in [0.5, 0.6) is 0 Å². The zero-order valence-corrected chi connectivity index (χ0v) is 21.4. The molecule has 192 valence electrons. The highest BCUT2D eigenvalue weighted by molar-refractivity contribution is 6.03. The smallest absolute Gasteiger partial charge is 0.328 e. The lowest BCUT2D eigenvalue weighted by atomic mass is 9.99. The molecular formula is C28H31FN6O2. The minimum atomic E-state index is -0.315. The van der Waals surface area contributed by atoms with Crippen molar-refractivity contribution in [2.24, 2.45) is 0 Å². The molecule has 0 bridgehead atoms. The summed E-state index contributed by atoms with van der Waals surface area (Å²) in [6.07, 6.45) is 2.28. The number of likely N-dealkylation sites (tertiary alicyclic amines) is 1. The number of benzene rings is 2. The third kappa shape index (κ3) is 4.85. The van der Waals surface area contributed by atoms with Gasteiger partial charge in [0.05, 0.1) is 17.9 Å². The van der Waals surface area contributed by atoms with Crippen molar-refractivity contribution in [3.8, 4) is 11.3 Å². The topological polar surface area (TPSA) is 90.5 Å². The van der Waals surface area contributed by atoms with Crippen LogP contribution >= 0.6 is 0 Å². The van der Waals surface area contributed by atoms with Gasteiger partial charge in [0.2, 0.25) is 11.9 Å². The summed E-state index contributed by atoms with van der Waals surface area (Å²) in [6.45, 7) is 8.10. The average molecular weight is 503 g/mol. The maximum Gasteiger partial charge on any atom is 0.328 e. The van der Waals surface area contributed by atoms with Crippen LogP contribution in [0.4, 0.5) is 26.6 Å². The van der Waals surface area contributed by atoms with Crippen LogP contribution in [0.1, 0.15) is 41.5 Å². The molecule has 2 N–H and O–H groups in total. The third-order valence-corrected chi connectivity index (χ3v) is 6.98. The Balaban J connectivity index is 1.55. The molecule has 1 aromatic heterocycles. The van der Waals surface area contributed by atoms with E-state index < -0.39 is 0 Å². The highest BCUT2D eigenvalue weighted by atomic mass is 19.1. The molecule has 3 aromatic rings. The van der Waals surface area contributed by atoms with Crippen molar-refractivity contribution in [3.05, 3.63) is 64.5 Å². The van der Waals surface area contributed by atoms with Gasteiger partial charge in [0.1, 0.15) is 5.82 Å². The molecule has 9 heteroatoms. The Hall–Kier alpha value is -4.01. The molecule has 2 aliphatic rings. The van der Waals surface area contributed by atoms with E-state index in [2.05, 4.69) is 10.6 Å². The van der Waals surface area contributed by atoms with Crippen LogP contribution in [0.2, 0.25) is 0 Å². The lowest BCUT2D eigenvalue weighted by Gasteiger charge is -2.32. The molecule has 5 rings (SSSR count). The number of urea groups is 1. The van der Waals surface area contributed by atoms with Crippen LogP contribution in [0.3, 0.4) is 0 Å². The van der Waals surface area contributed by atoms with E-state index in [0.29, 0.717) is 37.0 Å². The lowest BCUT2D eigenvalue weighted by Crippen LogP contribution is -2.43. The molecular weight excluding hydrogens is 471 g/mol. The van der Waals surface area contributed by atoms with Gasteiger partial charge in [-0.1, -0.05) is 18.2 Å². The number of hydrogen-bond acceptors (Lipinski definition) is 5. The number of rotatable bonds is 7. The van der Waals surface area contributed by atoms with E-state index >= 15 is 0 Å². The monoisotopic (exact) mass is 502 g/mol. The fraction of sp³-hybridized carbons (Fsp3) is 0.357. The van der Waals surface area contributed by atoms with Crippen LogP contribution in [0.25, 0.3) is 11.3 Å². The van der Waals surface area contributed by atoms with Crippen LogP contribution in [0, 0.1) is 26.6 Å². The highest BCUT2D eigenvalue weighted by Gasteiger charge is 2.32. The van der Waals surface area contributed by atoms with Gasteiger partial charge in [0, 0.05) is 37.2 Å². The Labute approximate surface area is 215 Å². The van der Waals surface area contributed by atoms with Crippen molar-refractivity contribution < 1.29 is 14.0 Å². The minimum Gasteiger partial charge on any atom is -0.354 e. The second kappa shape index (κ2) is 10.2. The largest absolute Gasteiger partial charge is 0.354 e. The van der Waals surface area contributed by atoms with Gasteiger partial charge in [-0.15, -0.1) is 0 Å². The molecule has 8 nitrogen and oxygen atoms in total. The number of nitrogens with zero attached hydrogens (tertiary/aromatic N) is 4. The van der Waals surface area contributed by atoms with E-state index in [4.69, 9.17) is 9.97 Å². The SMILES string of the molecule is Cc1cc(F)ccc1-c1nc(NCCCN2CCCC2=O)nc2c1CNC(=O)N2c1c(C)cccc1C. The molecule has 3 heterocycles. The number of nitrogens with one attached hydrogen (secondary N) is 2. The van der Waals surface area contributed by atoms with E-state index in [1.165, 1.54) is 12.1 Å². The first-order valence-electron chi connectivity index (χ1n) is 12.7. The van der Waals surface area contributed by atoms with Gasteiger partial charge in [-0.2, -0.15) is 4.98 Å². The standard InChI is InChI=1S/C28H31FN6O2/c1-17-7-4-8-18(2)25(17)35-26-22(16-31-28(35)37)24(21-11-10-20(29)15-19(21)3)32-27(33-26)30-12-6-14-34-13-5-9-23(34)36/h4,7-8,10-11,15H,5-6,9,12-14,16H2,1-3H3,(H,31,37)(H,30,32,33). The molecule has 0 saturated carbocycles. The molecule has 2 aromatic carbocycles. The maximum atomic E-state index is 13.9. The number of fused-ring (bicyclic) bond motifs is 1. The van der Waals surface area contributed by atoms with Gasteiger partial charge in [-0.3, -0.25) is 4.79 Å². The van der Waals surface area contributed by atoms with Gasteiger partial charge in [-0.05, 0) is 68.5 Å². The predicted molar refractivity (Wildman–Crippen MR) is 141 cm³/mol. The summed E-state index contributed by atoms with van der Waals surface area (Å²) in [6, 6.07) is 10.3. The highest BCUT2D eigenvalue weighted by Crippen LogP contribution is 2.39. The zero-order valence-electron chi connectivity index (χ0n) is 21.4. The molecule has 1 fully saturated rings. The molecule has 0 unspecified atom stereocenters. The summed E-state index contributed by atoms with van der Waals surface area (Å²) in [7, 11) is 0. The van der Waals surface area contributed by atoms with Crippen molar-refractivity contribution in [1.82, 2.24) is 20.2 Å². The average Bonchev–Trinajstić information content (AvgIpc) is 3.27. The molecule has 0 aliphatic carbocycles. The van der Waals surface area contributed by atoms with E-state index in [9.17, 15) is 14.0 Å². The number of halogens is 1. The number of aromatic nitrogens is 2. The summed E-state index contributed by atoms with van der Waals surface area (Å²) in [4.78, 5) is 38.3. The predicted octanol–water partition coefficient (Wildman–Crippen LogP) is 4.99. The Bertz CT molecular complexity index is 1350. The molecule has 2 aliphatic heterocycles. The van der Waals surface area contributed by atoms with E-state index in [1.54, 1.807) is 11.0 Å². The molecule has 37 heavy (non-hydrogen) atoms. The maximum absolute atomic E-state index is 13.9. The Morgan fingerprint density at radius 2 is 1.84 bits per heavy atom. The number of amides is 3. The number of hydrogen-bond donors (Lipinski definition) is 2. The fourth-order valence-corrected chi connectivity index (χ4v) is 5.13. The summed E-state index contributed by atoms with van der Waals surface area (Å²) < 4.78 is 13.9. The van der Waals surface area contributed by atoms with Crippen molar-refractivity contribution in [2.45, 2.75) is 46.6 Å². The fourth-order valence-electron chi connectivity index (χ4n) is 5.13. The van der Waals surface area contributed by atoms with Gasteiger partial charge < -0.3 is 15.5 Å². The van der Waals surface area contributed by atoms with Crippen LogP contribution < -0.4 is 15.5 Å². The number of para-hydroxylation sites is 1. The number of carbonyl (C=O) groups is 2. The third-order valence-electron chi connectivity index (χ3n) is 6.98. The molecule has 0 spiro atoms. The number of anilines is 3. The summed E-state index contributed by atoms with van der Waals surface area (Å²) >= 11 is 0. The van der Waals surface area contributed by atoms with Crippen LogP contribution in [-0.2, 0) is 11.3 Å². The minimum absolute atomic E-state index is 0.203. The van der Waals surface area contributed by atoms with Gasteiger partial charge in [-0.25, -0.2) is 19.1 Å². The summed E-state index contributed by atoms with van der Waals surface area (Å²) in [5.74, 6) is 0.780. The lowest BCUT2D eigenvalue weighted by molar-refractivity contribution is -0.127. The molecule has 3 amide bonds. The van der Waals surface area contributed by atoms with Crippen LogP contribution in [0.15, 0.2) is 36.4 Å². The second-order valence-corrected chi connectivity index (χ2v) is 9.66. The van der Waals surface area contributed by atoms with Crippen molar-refractivity contribution in [3.63, 3.8) is 0 Å². The van der Waals surface area contributed by atoms with E-state index in [0.717, 1.165) is 52.9 Å². The van der Waals surface area contributed by atoms with Crippen LogP contribution in [-0.4, -0.2) is 46.4 Å². The molecule has 1 saturated heterocycles. The summed E-state index contributed by atoms with van der Waals surface area (Å²) in [5.41, 5.74) is 5.62. The first-order chi connectivity index (χ1) is 17.8. The quantitative estimate of drug-likeness (QED) is 0.444. The number of aryl methyl sites for hydroxylation is 3.